The smallest absolute Gasteiger partial charge is 0.264 e. The molecule has 3 N–H and O–H groups in total. The fourth-order valence-electron chi connectivity index (χ4n) is 3.59. The van der Waals surface area contributed by atoms with E-state index < -0.39 is 48.3 Å². The third kappa shape index (κ3) is 4.93. The van der Waals surface area contributed by atoms with E-state index in [4.69, 9.17) is 11.6 Å². The number of phenolic OH excluding ortho intramolecular Hbond substituents is 2. The van der Waals surface area contributed by atoms with Gasteiger partial charge in [0.1, 0.15) is 17.3 Å². The van der Waals surface area contributed by atoms with Crippen LogP contribution in [0.1, 0.15) is 58.5 Å². The molecule has 1 unspecified atom stereocenters. The summed E-state index contributed by atoms with van der Waals surface area (Å²) in [4.78, 5) is 26.5. The molecule has 2 amide bonds. The summed E-state index contributed by atoms with van der Waals surface area (Å²) >= 11 is 5.85. The zero-order chi connectivity index (χ0) is 23.6. The molecule has 0 spiro atoms. The number of amides is 2. The van der Waals surface area contributed by atoms with Crippen molar-refractivity contribution in [1.82, 2.24) is 10.2 Å². The number of nitrogens with one attached hydrogen (secondary N) is 1. The maximum Gasteiger partial charge on any atom is 0.264 e. The number of halogens is 4. The lowest BCUT2D eigenvalue weighted by molar-refractivity contribution is -0.00102. The number of carbonyl (C=O) groups excluding carboxylic acids is 2. The van der Waals surface area contributed by atoms with Crippen LogP contribution < -0.4 is 5.32 Å². The topological polar surface area (TPSA) is 89.9 Å². The van der Waals surface area contributed by atoms with Gasteiger partial charge in [-0.15, -0.1) is 0 Å². The van der Waals surface area contributed by atoms with Crippen molar-refractivity contribution in [3.05, 3.63) is 57.9 Å². The highest BCUT2D eigenvalue weighted by Gasteiger charge is 2.34. The Morgan fingerprint density at radius 1 is 1.22 bits per heavy atom. The van der Waals surface area contributed by atoms with Gasteiger partial charge in [0.05, 0.1) is 23.2 Å². The first-order valence-corrected chi connectivity index (χ1v) is 10.4. The number of rotatable bonds is 6. The zero-order valence-electron chi connectivity index (χ0n) is 17.2. The Morgan fingerprint density at radius 3 is 2.59 bits per heavy atom. The van der Waals surface area contributed by atoms with Gasteiger partial charge in [-0.1, -0.05) is 24.6 Å². The van der Waals surface area contributed by atoms with Gasteiger partial charge in [-0.3, -0.25) is 9.59 Å². The fraction of sp³-hybridized carbons (Fsp3) is 0.364. The molecule has 0 radical (unpaired) electrons. The molecule has 1 atom stereocenters. The molecule has 0 aliphatic carbocycles. The Morgan fingerprint density at radius 2 is 1.94 bits per heavy atom. The van der Waals surface area contributed by atoms with Gasteiger partial charge in [-0.2, -0.15) is 0 Å². The molecular formula is C22H22ClF3N2O4. The van der Waals surface area contributed by atoms with Crippen molar-refractivity contribution in [3.8, 4) is 11.5 Å². The Kier molecular flexibility index (Phi) is 6.88. The van der Waals surface area contributed by atoms with Crippen LogP contribution in [0.3, 0.4) is 0 Å². The summed E-state index contributed by atoms with van der Waals surface area (Å²) in [6.45, 7) is 0.742. The minimum absolute atomic E-state index is 0.114. The number of benzene rings is 2. The quantitative estimate of drug-likeness (QED) is 0.573. The SMILES string of the molecule is CCC(F)(F)CNC(=O)c1ccc(C2CCCN2C(=O)c2cc(Cl)c(O)cc2O)c(F)c1. The molecule has 1 aliphatic rings. The van der Waals surface area contributed by atoms with Gasteiger partial charge in [-0.05, 0) is 31.0 Å². The maximum absolute atomic E-state index is 14.9. The summed E-state index contributed by atoms with van der Waals surface area (Å²) in [7, 11) is 0. The number of alkyl halides is 2. The summed E-state index contributed by atoms with van der Waals surface area (Å²) in [5.41, 5.74) is -0.0828. The van der Waals surface area contributed by atoms with Crippen LogP contribution in [0.15, 0.2) is 30.3 Å². The molecule has 0 bridgehead atoms. The fourth-order valence-corrected chi connectivity index (χ4v) is 3.75. The lowest BCUT2D eigenvalue weighted by Crippen LogP contribution is -2.36. The molecule has 0 saturated carbocycles. The normalized spacial score (nSPS) is 16.3. The average molecular weight is 471 g/mol. The van der Waals surface area contributed by atoms with Gasteiger partial charge in [0.25, 0.3) is 17.7 Å². The molecule has 1 saturated heterocycles. The van der Waals surface area contributed by atoms with Gasteiger partial charge in [-0.25, -0.2) is 13.2 Å². The molecule has 172 valence electrons. The van der Waals surface area contributed by atoms with Crippen LogP contribution in [0.25, 0.3) is 0 Å². The molecule has 1 heterocycles. The van der Waals surface area contributed by atoms with E-state index in [0.717, 1.165) is 18.2 Å². The van der Waals surface area contributed by atoms with E-state index in [1.165, 1.54) is 24.0 Å². The van der Waals surface area contributed by atoms with Gasteiger partial charge >= 0.3 is 0 Å². The first kappa shape index (κ1) is 23.7. The van der Waals surface area contributed by atoms with Crippen LogP contribution in [-0.4, -0.2) is 45.9 Å². The zero-order valence-corrected chi connectivity index (χ0v) is 17.9. The summed E-state index contributed by atoms with van der Waals surface area (Å²) in [5, 5.41) is 21.6. The number of nitrogens with zero attached hydrogens (tertiary/aromatic N) is 1. The second-order valence-electron chi connectivity index (χ2n) is 7.61. The Balaban J connectivity index is 1.81. The van der Waals surface area contributed by atoms with Crippen LogP contribution >= 0.6 is 11.6 Å². The maximum atomic E-state index is 14.9. The van der Waals surface area contributed by atoms with Crippen LogP contribution in [0.2, 0.25) is 5.02 Å². The van der Waals surface area contributed by atoms with Crippen LogP contribution in [-0.2, 0) is 0 Å². The van der Waals surface area contributed by atoms with E-state index in [-0.39, 0.29) is 27.5 Å². The predicted octanol–water partition coefficient (Wildman–Crippen LogP) is 4.64. The highest BCUT2D eigenvalue weighted by molar-refractivity contribution is 6.32. The van der Waals surface area contributed by atoms with Gasteiger partial charge in [0.15, 0.2) is 0 Å². The van der Waals surface area contributed by atoms with Gasteiger partial charge < -0.3 is 20.4 Å². The van der Waals surface area contributed by atoms with Gasteiger partial charge in [0, 0.05) is 30.2 Å². The summed E-state index contributed by atoms with van der Waals surface area (Å²) in [6, 6.07) is 5.05. The number of hydrogen-bond donors (Lipinski definition) is 3. The third-order valence-electron chi connectivity index (χ3n) is 5.46. The predicted molar refractivity (Wildman–Crippen MR) is 112 cm³/mol. The van der Waals surface area contributed by atoms with E-state index >= 15 is 0 Å². The van der Waals surface area contributed by atoms with E-state index in [1.54, 1.807) is 0 Å². The van der Waals surface area contributed by atoms with Crippen molar-refractivity contribution in [3.63, 3.8) is 0 Å². The minimum Gasteiger partial charge on any atom is -0.507 e. The molecule has 1 aliphatic heterocycles. The standard InChI is InChI=1S/C22H22ClF3N2O4/c1-2-22(25,26)11-27-20(31)12-5-6-13(16(24)8-12)17-4-3-7-28(17)21(32)14-9-15(23)19(30)10-18(14)29/h5-6,8-10,17,29-30H,2-4,7,11H2,1H3,(H,27,31). The van der Waals surface area contributed by atoms with Crippen molar-refractivity contribution in [2.24, 2.45) is 0 Å². The highest BCUT2D eigenvalue weighted by atomic mass is 35.5. The molecular weight excluding hydrogens is 449 g/mol. The monoisotopic (exact) mass is 470 g/mol. The number of aromatic hydroxyl groups is 2. The first-order valence-electron chi connectivity index (χ1n) is 10.0. The van der Waals surface area contributed by atoms with Crippen molar-refractivity contribution in [2.45, 2.75) is 38.2 Å². The Hall–Kier alpha value is -2.94. The van der Waals surface area contributed by atoms with Crippen molar-refractivity contribution in [2.75, 3.05) is 13.1 Å². The van der Waals surface area contributed by atoms with Crippen LogP contribution in [0.5, 0.6) is 11.5 Å². The number of hydrogen-bond acceptors (Lipinski definition) is 4. The molecule has 2 aromatic rings. The second-order valence-corrected chi connectivity index (χ2v) is 8.01. The minimum atomic E-state index is -3.05. The van der Waals surface area contributed by atoms with Crippen molar-refractivity contribution >= 4 is 23.4 Å². The number of likely N-dealkylation sites (tertiary alicyclic amines) is 1. The van der Waals surface area contributed by atoms with E-state index in [1.807, 2.05) is 0 Å². The summed E-state index contributed by atoms with van der Waals surface area (Å²) in [5.74, 6) is -6.06. The molecule has 0 aromatic heterocycles. The van der Waals surface area contributed by atoms with Crippen molar-refractivity contribution < 1.29 is 33.0 Å². The molecule has 6 nitrogen and oxygen atoms in total. The lowest BCUT2D eigenvalue weighted by atomic mass is 10.0. The summed E-state index contributed by atoms with van der Waals surface area (Å²) < 4.78 is 41.6. The molecule has 2 aromatic carbocycles. The molecule has 3 rings (SSSR count). The molecule has 1 fully saturated rings. The Labute approximate surface area is 187 Å². The molecule has 10 heteroatoms. The number of phenols is 2. The van der Waals surface area contributed by atoms with E-state index in [9.17, 15) is 33.0 Å². The molecule has 32 heavy (non-hydrogen) atoms. The average Bonchev–Trinajstić information content (AvgIpc) is 3.23. The van der Waals surface area contributed by atoms with Crippen LogP contribution in [0.4, 0.5) is 13.2 Å². The largest absolute Gasteiger partial charge is 0.507 e. The first-order chi connectivity index (χ1) is 15.0. The van der Waals surface area contributed by atoms with Gasteiger partial charge in [0.2, 0.25) is 0 Å². The highest BCUT2D eigenvalue weighted by Crippen LogP contribution is 2.38. The van der Waals surface area contributed by atoms with Crippen LogP contribution in [0, 0.1) is 5.82 Å². The Bertz CT molecular complexity index is 1050. The third-order valence-corrected chi connectivity index (χ3v) is 5.76. The second kappa shape index (κ2) is 9.28. The summed E-state index contributed by atoms with van der Waals surface area (Å²) in [6.07, 6.45) is 0.591. The van der Waals surface area contributed by atoms with Crippen molar-refractivity contribution in [1.29, 1.82) is 0 Å². The van der Waals surface area contributed by atoms with E-state index in [2.05, 4.69) is 5.32 Å². The lowest BCUT2D eigenvalue weighted by Gasteiger charge is -2.26. The van der Waals surface area contributed by atoms with E-state index in [0.29, 0.717) is 19.4 Å². The number of carbonyl (C=O) groups is 2.